The van der Waals surface area contributed by atoms with Crippen molar-refractivity contribution in [3.05, 3.63) is 76.8 Å². The van der Waals surface area contributed by atoms with Gasteiger partial charge in [-0.2, -0.15) is 0 Å². The number of anilines is 2. The summed E-state index contributed by atoms with van der Waals surface area (Å²) in [5.41, 5.74) is 1.51. The molecule has 0 spiro atoms. The van der Waals surface area contributed by atoms with Crippen molar-refractivity contribution < 1.29 is 19.1 Å². The molecule has 8 heteroatoms. The highest BCUT2D eigenvalue weighted by atomic mass is 35.5. The summed E-state index contributed by atoms with van der Waals surface area (Å²) in [5, 5.41) is 0.742. The van der Waals surface area contributed by atoms with Gasteiger partial charge in [0.25, 0.3) is 5.91 Å². The summed E-state index contributed by atoms with van der Waals surface area (Å²) in [4.78, 5) is 28.5. The molecule has 152 valence electrons. The summed E-state index contributed by atoms with van der Waals surface area (Å²) in [6, 6.07) is 19.9. The first-order valence-corrected chi connectivity index (χ1v) is 10.5. The van der Waals surface area contributed by atoms with Crippen molar-refractivity contribution in [3.63, 3.8) is 0 Å². The average molecular weight is 460 g/mol. The second kappa shape index (κ2) is 9.00. The molecule has 0 fully saturated rings. The number of nitrogens with zero attached hydrogens (tertiary/aromatic N) is 1. The van der Waals surface area contributed by atoms with Gasteiger partial charge in [-0.1, -0.05) is 59.2 Å². The molecular weight excluding hydrogens is 445 g/mol. The molecule has 1 aliphatic heterocycles. The Hall–Kier alpha value is -2.67. The molecule has 1 aliphatic rings. The number of carbonyl (C=O) groups excluding carboxylic acids is 2. The van der Waals surface area contributed by atoms with Gasteiger partial charge in [0.1, 0.15) is 5.75 Å². The normalized spacial score (nSPS) is 12.0. The largest absolute Gasteiger partial charge is 0.480 e. The van der Waals surface area contributed by atoms with Crippen LogP contribution in [0.15, 0.2) is 76.5 Å². The highest BCUT2D eigenvalue weighted by Crippen LogP contribution is 2.47. The Morgan fingerprint density at radius 3 is 2.13 bits per heavy atom. The maximum absolute atomic E-state index is 13.0. The van der Waals surface area contributed by atoms with Crippen molar-refractivity contribution in [2.24, 2.45) is 0 Å². The van der Waals surface area contributed by atoms with Crippen LogP contribution in [0.25, 0.3) is 0 Å². The van der Waals surface area contributed by atoms with Crippen molar-refractivity contribution in [3.8, 4) is 5.75 Å². The molecule has 0 saturated carbocycles. The SMILES string of the molecule is O=C(COc1ccc(Cl)cc1Cl)OCC(=O)N1c2ccccc2Sc2ccccc21. The molecule has 0 aliphatic carbocycles. The molecule has 0 radical (unpaired) electrons. The minimum absolute atomic E-state index is 0.283. The monoisotopic (exact) mass is 459 g/mol. The molecule has 3 aromatic carbocycles. The number of ether oxygens (including phenoxy) is 2. The number of para-hydroxylation sites is 2. The van der Waals surface area contributed by atoms with E-state index in [0.717, 1.165) is 21.2 Å². The third-order valence-electron chi connectivity index (χ3n) is 4.28. The molecule has 3 aromatic rings. The van der Waals surface area contributed by atoms with Gasteiger partial charge in [-0.15, -0.1) is 0 Å². The van der Waals surface area contributed by atoms with Gasteiger partial charge in [-0.25, -0.2) is 4.79 Å². The minimum atomic E-state index is -0.678. The molecule has 0 unspecified atom stereocenters. The van der Waals surface area contributed by atoms with Gasteiger partial charge in [0.15, 0.2) is 13.2 Å². The lowest BCUT2D eigenvalue weighted by atomic mass is 10.2. The van der Waals surface area contributed by atoms with Gasteiger partial charge >= 0.3 is 5.97 Å². The van der Waals surface area contributed by atoms with Crippen LogP contribution in [-0.2, 0) is 14.3 Å². The van der Waals surface area contributed by atoms with Gasteiger partial charge < -0.3 is 9.47 Å². The molecule has 1 heterocycles. The number of rotatable bonds is 5. The van der Waals surface area contributed by atoms with Gasteiger partial charge in [-0.05, 0) is 42.5 Å². The average Bonchev–Trinajstić information content (AvgIpc) is 2.75. The molecule has 1 amide bonds. The van der Waals surface area contributed by atoms with E-state index in [2.05, 4.69) is 0 Å². The fourth-order valence-corrected chi connectivity index (χ4v) is 4.47. The van der Waals surface area contributed by atoms with E-state index in [0.29, 0.717) is 10.8 Å². The Labute approximate surface area is 187 Å². The van der Waals surface area contributed by atoms with Crippen molar-refractivity contribution in [2.75, 3.05) is 18.1 Å². The van der Waals surface area contributed by atoms with Crippen LogP contribution in [0.1, 0.15) is 0 Å². The highest BCUT2D eigenvalue weighted by molar-refractivity contribution is 7.99. The molecule has 0 bridgehead atoms. The van der Waals surface area contributed by atoms with Gasteiger partial charge in [-0.3, -0.25) is 9.69 Å². The quantitative estimate of drug-likeness (QED) is 0.455. The van der Waals surface area contributed by atoms with Crippen LogP contribution in [0, 0.1) is 0 Å². The number of fused-ring (bicyclic) bond motifs is 2. The van der Waals surface area contributed by atoms with E-state index in [4.69, 9.17) is 32.7 Å². The first-order chi connectivity index (χ1) is 14.5. The van der Waals surface area contributed by atoms with E-state index >= 15 is 0 Å². The van der Waals surface area contributed by atoms with Crippen LogP contribution in [0.3, 0.4) is 0 Å². The Morgan fingerprint density at radius 1 is 0.867 bits per heavy atom. The predicted octanol–water partition coefficient (Wildman–Crippen LogP) is 5.74. The fourth-order valence-electron chi connectivity index (χ4n) is 2.95. The molecular formula is C22H15Cl2NO4S. The zero-order chi connectivity index (χ0) is 21.1. The molecule has 0 N–H and O–H groups in total. The number of esters is 1. The number of amides is 1. The molecule has 0 aromatic heterocycles. The first-order valence-electron chi connectivity index (χ1n) is 8.95. The van der Waals surface area contributed by atoms with Gasteiger partial charge in [0, 0.05) is 14.8 Å². The number of hydrogen-bond donors (Lipinski definition) is 0. The van der Waals surface area contributed by atoms with Crippen LogP contribution in [0.2, 0.25) is 10.0 Å². The number of hydrogen-bond acceptors (Lipinski definition) is 5. The summed E-state index contributed by atoms with van der Waals surface area (Å²) in [6.45, 7) is -0.790. The fraction of sp³-hybridized carbons (Fsp3) is 0.0909. The van der Waals surface area contributed by atoms with E-state index < -0.39 is 12.6 Å². The highest BCUT2D eigenvalue weighted by Gasteiger charge is 2.28. The van der Waals surface area contributed by atoms with Crippen LogP contribution in [0.5, 0.6) is 5.75 Å². The Morgan fingerprint density at radius 2 is 1.50 bits per heavy atom. The van der Waals surface area contributed by atoms with Crippen LogP contribution in [-0.4, -0.2) is 25.1 Å². The Kier molecular flexibility index (Phi) is 6.18. The Balaban J connectivity index is 1.42. The number of carbonyl (C=O) groups is 2. The van der Waals surface area contributed by atoms with Crippen molar-refractivity contribution in [1.29, 1.82) is 0 Å². The van der Waals surface area contributed by atoms with E-state index in [1.54, 1.807) is 28.8 Å². The maximum atomic E-state index is 13.0. The predicted molar refractivity (Wildman–Crippen MR) is 117 cm³/mol. The van der Waals surface area contributed by atoms with E-state index in [1.165, 1.54) is 6.07 Å². The van der Waals surface area contributed by atoms with Gasteiger partial charge in [0.2, 0.25) is 0 Å². The summed E-state index contributed by atoms with van der Waals surface area (Å²) in [5.74, 6) is -0.726. The zero-order valence-corrected chi connectivity index (χ0v) is 17.8. The van der Waals surface area contributed by atoms with Crippen molar-refractivity contribution in [2.45, 2.75) is 9.79 Å². The lowest BCUT2D eigenvalue weighted by Gasteiger charge is -2.30. The maximum Gasteiger partial charge on any atom is 0.344 e. The van der Waals surface area contributed by atoms with Crippen LogP contribution in [0.4, 0.5) is 11.4 Å². The standard InChI is InChI=1S/C22H15Cl2NO4S/c23-14-9-10-18(15(24)11-14)28-13-22(27)29-12-21(26)25-16-5-1-3-7-19(16)30-20-8-4-2-6-17(20)25/h1-11H,12-13H2. The second-order valence-electron chi connectivity index (χ2n) is 6.29. The molecule has 0 saturated heterocycles. The summed E-state index contributed by atoms with van der Waals surface area (Å²) in [6.07, 6.45) is 0. The third-order valence-corrected chi connectivity index (χ3v) is 5.94. The summed E-state index contributed by atoms with van der Waals surface area (Å²) >= 11 is 13.4. The van der Waals surface area contributed by atoms with Crippen LogP contribution < -0.4 is 9.64 Å². The lowest BCUT2D eigenvalue weighted by molar-refractivity contribution is -0.149. The number of benzene rings is 3. The third kappa shape index (κ3) is 4.41. The minimum Gasteiger partial charge on any atom is -0.480 e. The smallest absolute Gasteiger partial charge is 0.344 e. The van der Waals surface area contributed by atoms with Crippen molar-refractivity contribution in [1.82, 2.24) is 0 Å². The van der Waals surface area contributed by atoms with E-state index in [1.807, 2.05) is 48.5 Å². The van der Waals surface area contributed by atoms with Gasteiger partial charge in [0.05, 0.1) is 16.4 Å². The Bertz CT molecular complexity index is 1080. The second-order valence-corrected chi connectivity index (χ2v) is 8.22. The number of halogens is 2. The molecule has 4 rings (SSSR count). The molecule has 30 heavy (non-hydrogen) atoms. The molecule has 0 atom stereocenters. The lowest BCUT2D eigenvalue weighted by Crippen LogP contribution is -2.33. The van der Waals surface area contributed by atoms with Crippen LogP contribution >= 0.6 is 35.0 Å². The summed E-state index contributed by atoms with van der Waals surface area (Å²) in [7, 11) is 0. The van der Waals surface area contributed by atoms with Crippen molar-refractivity contribution >= 4 is 58.2 Å². The van der Waals surface area contributed by atoms with E-state index in [9.17, 15) is 9.59 Å². The topological polar surface area (TPSA) is 55.8 Å². The molecule has 5 nitrogen and oxygen atoms in total. The zero-order valence-electron chi connectivity index (χ0n) is 15.5. The summed E-state index contributed by atoms with van der Waals surface area (Å²) < 4.78 is 10.5. The van der Waals surface area contributed by atoms with E-state index in [-0.39, 0.29) is 17.5 Å². The first kappa shape index (κ1) is 20.6.